The third kappa shape index (κ3) is 5.08. The fraction of sp³-hybridized carbons (Fsp3) is 0.300. The molecular formula is C20H23NO4. The van der Waals surface area contributed by atoms with E-state index in [-0.39, 0.29) is 5.56 Å². The van der Waals surface area contributed by atoms with Gasteiger partial charge in [-0.15, -0.1) is 0 Å². The normalized spacial score (nSPS) is 11.0. The molecule has 1 N–H and O–H groups in total. The molecule has 25 heavy (non-hydrogen) atoms. The smallest absolute Gasteiger partial charge is 0.410 e. The number of carboxylic acids is 1. The van der Waals surface area contributed by atoms with Crippen molar-refractivity contribution in [3.63, 3.8) is 0 Å². The molecule has 0 bridgehead atoms. The molecule has 2 rings (SSSR count). The first-order valence-corrected chi connectivity index (χ1v) is 8.03. The highest BCUT2D eigenvalue weighted by Gasteiger charge is 2.20. The summed E-state index contributed by atoms with van der Waals surface area (Å²) in [6, 6.07) is 14.4. The molecule has 1 amide bonds. The van der Waals surface area contributed by atoms with Gasteiger partial charge in [0, 0.05) is 13.6 Å². The number of hydrogen-bond acceptors (Lipinski definition) is 3. The van der Waals surface area contributed by atoms with Crippen LogP contribution in [0.3, 0.4) is 0 Å². The van der Waals surface area contributed by atoms with E-state index < -0.39 is 17.7 Å². The van der Waals surface area contributed by atoms with Gasteiger partial charge in [0.2, 0.25) is 0 Å². The van der Waals surface area contributed by atoms with Crippen LogP contribution in [0.15, 0.2) is 48.5 Å². The highest BCUT2D eigenvalue weighted by molar-refractivity contribution is 5.96. The highest BCUT2D eigenvalue weighted by atomic mass is 16.6. The van der Waals surface area contributed by atoms with Gasteiger partial charge in [0.05, 0.1) is 5.56 Å². The van der Waals surface area contributed by atoms with Gasteiger partial charge < -0.3 is 14.7 Å². The average Bonchev–Trinajstić information content (AvgIpc) is 2.53. The molecular weight excluding hydrogens is 318 g/mol. The lowest BCUT2D eigenvalue weighted by atomic mass is 9.97. The largest absolute Gasteiger partial charge is 0.478 e. The van der Waals surface area contributed by atoms with Gasteiger partial charge in [0.15, 0.2) is 0 Å². The van der Waals surface area contributed by atoms with Crippen molar-refractivity contribution < 1.29 is 19.4 Å². The van der Waals surface area contributed by atoms with Gasteiger partial charge >= 0.3 is 12.1 Å². The summed E-state index contributed by atoms with van der Waals surface area (Å²) in [5.41, 5.74) is 1.95. The average molecular weight is 341 g/mol. The minimum atomic E-state index is -0.981. The van der Waals surface area contributed by atoms with E-state index in [1.807, 2.05) is 51.1 Å². The van der Waals surface area contributed by atoms with Gasteiger partial charge in [-0.05, 0) is 49.6 Å². The summed E-state index contributed by atoms with van der Waals surface area (Å²) >= 11 is 0. The number of benzene rings is 2. The molecule has 5 heteroatoms. The number of carboxylic acid groups (broad SMARTS) is 1. The molecule has 0 aliphatic heterocycles. The summed E-state index contributed by atoms with van der Waals surface area (Å²) < 4.78 is 5.34. The molecule has 0 saturated carbocycles. The van der Waals surface area contributed by atoms with Crippen molar-refractivity contribution in [1.29, 1.82) is 0 Å². The number of nitrogens with zero attached hydrogens (tertiary/aromatic N) is 1. The van der Waals surface area contributed by atoms with Crippen LogP contribution in [0.25, 0.3) is 11.1 Å². The first-order chi connectivity index (χ1) is 11.7. The van der Waals surface area contributed by atoms with Crippen LogP contribution in [0.1, 0.15) is 36.7 Å². The third-order valence-corrected chi connectivity index (χ3v) is 3.52. The molecule has 132 valence electrons. The van der Waals surface area contributed by atoms with Crippen molar-refractivity contribution in [2.75, 3.05) is 7.05 Å². The van der Waals surface area contributed by atoms with Gasteiger partial charge in [-0.3, -0.25) is 0 Å². The number of rotatable bonds is 4. The molecule has 0 fully saturated rings. The van der Waals surface area contributed by atoms with E-state index in [9.17, 15) is 14.7 Å². The molecule has 0 unspecified atom stereocenters. The lowest BCUT2D eigenvalue weighted by molar-refractivity contribution is 0.0284. The predicted octanol–water partition coefficient (Wildman–Crippen LogP) is 4.42. The van der Waals surface area contributed by atoms with E-state index >= 15 is 0 Å². The Morgan fingerprint density at radius 1 is 1.08 bits per heavy atom. The van der Waals surface area contributed by atoms with Crippen LogP contribution < -0.4 is 0 Å². The zero-order chi connectivity index (χ0) is 18.6. The Balaban J connectivity index is 2.28. The summed E-state index contributed by atoms with van der Waals surface area (Å²) in [6.45, 7) is 5.77. The van der Waals surface area contributed by atoms with E-state index in [2.05, 4.69) is 0 Å². The van der Waals surface area contributed by atoms with Crippen molar-refractivity contribution in [1.82, 2.24) is 4.90 Å². The Bertz CT molecular complexity index is 763. The van der Waals surface area contributed by atoms with E-state index in [1.54, 1.807) is 25.2 Å². The molecule has 0 spiro atoms. The zero-order valence-electron chi connectivity index (χ0n) is 14.9. The SMILES string of the molecule is CN(Cc1ccc(C(=O)O)c(-c2ccccc2)c1)C(=O)OC(C)(C)C. The molecule has 0 heterocycles. The maximum absolute atomic E-state index is 12.1. The number of carbonyl (C=O) groups is 2. The molecule has 5 nitrogen and oxygen atoms in total. The summed E-state index contributed by atoms with van der Waals surface area (Å²) in [5, 5.41) is 9.43. The Labute approximate surface area is 147 Å². The zero-order valence-corrected chi connectivity index (χ0v) is 14.9. The molecule has 0 aliphatic carbocycles. The van der Waals surface area contributed by atoms with Gasteiger partial charge in [-0.2, -0.15) is 0 Å². The Hall–Kier alpha value is -2.82. The van der Waals surface area contributed by atoms with Crippen molar-refractivity contribution in [3.8, 4) is 11.1 Å². The van der Waals surface area contributed by atoms with Crippen LogP contribution in [0.5, 0.6) is 0 Å². The predicted molar refractivity (Wildman–Crippen MR) is 96.5 cm³/mol. The molecule has 0 saturated heterocycles. The van der Waals surface area contributed by atoms with Gasteiger partial charge in [0.1, 0.15) is 5.60 Å². The second-order valence-electron chi connectivity index (χ2n) is 6.89. The van der Waals surface area contributed by atoms with Gasteiger partial charge in [-0.25, -0.2) is 9.59 Å². The van der Waals surface area contributed by atoms with Crippen LogP contribution >= 0.6 is 0 Å². The second kappa shape index (κ2) is 7.38. The van der Waals surface area contributed by atoms with E-state index in [0.29, 0.717) is 12.1 Å². The summed E-state index contributed by atoms with van der Waals surface area (Å²) in [4.78, 5) is 25.1. The van der Waals surface area contributed by atoms with E-state index in [1.165, 1.54) is 4.90 Å². The fourth-order valence-corrected chi connectivity index (χ4v) is 2.41. The van der Waals surface area contributed by atoms with Crippen molar-refractivity contribution in [2.45, 2.75) is 32.9 Å². The Morgan fingerprint density at radius 2 is 1.72 bits per heavy atom. The topological polar surface area (TPSA) is 66.8 Å². The number of ether oxygens (including phenoxy) is 1. The Kier molecular flexibility index (Phi) is 5.47. The van der Waals surface area contributed by atoms with Crippen LogP contribution in [-0.2, 0) is 11.3 Å². The highest BCUT2D eigenvalue weighted by Crippen LogP contribution is 2.26. The summed E-state index contributed by atoms with van der Waals surface area (Å²) in [5.74, 6) is -0.981. The van der Waals surface area contributed by atoms with Crippen molar-refractivity contribution in [3.05, 3.63) is 59.7 Å². The minimum absolute atomic E-state index is 0.231. The standard InChI is InChI=1S/C20H23NO4/c1-20(2,3)25-19(24)21(4)13-14-10-11-16(18(22)23)17(12-14)15-8-6-5-7-9-15/h5-12H,13H2,1-4H3,(H,22,23). The number of carbonyl (C=O) groups excluding carboxylic acids is 1. The molecule has 0 aromatic heterocycles. The molecule has 2 aromatic rings. The second-order valence-corrected chi connectivity index (χ2v) is 6.89. The van der Waals surface area contributed by atoms with Gasteiger partial charge in [-0.1, -0.05) is 36.4 Å². The third-order valence-electron chi connectivity index (χ3n) is 3.52. The van der Waals surface area contributed by atoms with Crippen molar-refractivity contribution in [2.24, 2.45) is 0 Å². The molecule has 2 aromatic carbocycles. The first-order valence-electron chi connectivity index (χ1n) is 8.03. The lowest BCUT2D eigenvalue weighted by Crippen LogP contribution is -2.33. The Morgan fingerprint density at radius 3 is 2.28 bits per heavy atom. The van der Waals surface area contributed by atoms with Crippen LogP contribution in [-0.4, -0.2) is 34.7 Å². The lowest BCUT2D eigenvalue weighted by Gasteiger charge is -2.25. The number of hydrogen-bond donors (Lipinski definition) is 1. The van der Waals surface area contributed by atoms with Crippen molar-refractivity contribution >= 4 is 12.1 Å². The van der Waals surface area contributed by atoms with E-state index in [0.717, 1.165) is 11.1 Å². The number of amides is 1. The molecule has 0 atom stereocenters. The van der Waals surface area contributed by atoms with E-state index in [4.69, 9.17) is 4.74 Å². The summed E-state index contributed by atoms with van der Waals surface area (Å²) in [7, 11) is 1.65. The minimum Gasteiger partial charge on any atom is -0.478 e. The van der Waals surface area contributed by atoms with Crippen LogP contribution in [0.4, 0.5) is 4.79 Å². The van der Waals surface area contributed by atoms with Crippen LogP contribution in [0.2, 0.25) is 0 Å². The monoisotopic (exact) mass is 341 g/mol. The van der Waals surface area contributed by atoms with Gasteiger partial charge in [0.25, 0.3) is 0 Å². The van der Waals surface area contributed by atoms with Crippen LogP contribution in [0, 0.1) is 0 Å². The maximum Gasteiger partial charge on any atom is 0.410 e. The fourth-order valence-electron chi connectivity index (χ4n) is 2.41. The molecule has 0 aliphatic rings. The maximum atomic E-state index is 12.1. The first kappa shape index (κ1) is 18.5. The molecule has 0 radical (unpaired) electrons. The summed E-state index contributed by atoms with van der Waals surface area (Å²) in [6.07, 6.45) is -0.420. The quantitative estimate of drug-likeness (QED) is 0.894. The number of aromatic carboxylic acids is 1.